The Kier molecular flexibility index (Phi) is 3.00. The molecule has 0 heteroatoms. The SMILES string of the molecule is CC1=CC=C(c2ccc(C)c(C)c2)CC1C. The molecule has 1 unspecified atom stereocenters. The third kappa shape index (κ3) is 2.11. The Morgan fingerprint density at radius 1 is 1.00 bits per heavy atom. The van der Waals surface area contributed by atoms with Gasteiger partial charge < -0.3 is 0 Å². The minimum Gasteiger partial charge on any atom is -0.0702 e. The van der Waals surface area contributed by atoms with Crippen molar-refractivity contribution in [3.63, 3.8) is 0 Å². The first-order chi connectivity index (χ1) is 7.58. The van der Waals surface area contributed by atoms with Crippen LogP contribution < -0.4 is 0 Å². The van der Waals surface area contributed by atoms with Crippen LogP contribution in [0, 0.1) is 19.8 Å². The first-order valence-corrected chi connectivity index (χ1v) is 6.03. The summed E-state index contributed by atoms with van der Waals surface area (Å²) in [6.07, 6.45) is 5.71. The van der Waals surface area contributed by atoms with Crippen LogP contribution in [0.15, 0.2) is 35.9 Å². The van der Waals surface area contributed by atoms with Gasteiger partial charge in [-0.2, -0.15) is 0 Å². The number of rotatable bonds is 1. The summed E-state index contributed by atoms with van der Waals surface area (Å²) in [6.45, 7) is 8.88. The van der Waals surface area contributed by atoms with Gasteiger partial charge in [0.05, 0.1) is 0 Å². The summed E-state index contributed by atoms with van der Waals surface area (Å²) in [5.41, 5.74) is 7.12. The van der Waals surface area contributed by atoms with Crippen LogP contribution in [0.5, 0.6) is 0 Å². The number of hydrogen-bond acceptors (Lipinski definition) is 0. The second-order valence-electron chi connectivity index (χ2n) is 5.01. The molecule has 1 atom stereocenters. The number of hydrogen-bond donors (Lipinski definition) is 0. The predicted molar refractivity (Wildman–Crippen MR) is 71.4 cm³/mol. The van der Waals surface area contributed by atoms with E-state index in [9.17, 15) is 0 Å². The molecule has 0 nitrogen and oxygen atoms in total. The fourth-order valence-corrected chi connectivity index (χ4v) is 2.11. The third-order valence-electron chi connectivity index (χ3n) is 3.73. The van der Waals surface area contributed by atoms with E-state index < -0.39 is 0 Å². The van der Waals surface area contributed by atoms with Crippen LogP contribution in [0.25, 0.3) is 5.57 Å². The lowest BCUT2D eigenvalue weighted by Gasteiger charge is -2.19. The van der Waals surface area contributed by atoms with E-state index in [1.165, 1.54) is 34.3 Å². The minimum atomic E-state index is 0.682. The van der Waals surface area contributed by atoms with E-state index >= 15 is 0 Å². The Balaban J connectivity index is 2.35. The van der Waals surface area contributed by atoms with Crippen LogP contribution in [0.3, 0.4) is 0 Å². The summed E-state index contributed by atoms with van der Waals surface area (Å²) < 4.78 is 0. The summed E-state index contributed by atoms with van der Waals surface area (Å²) >= 11 is 0. The number of allylic oxidation sites excluding steroid dienone is 4. The van der Waals surface area contributed by atoms with Gasteiger partial charge in [0.2, 0.25) is 0 Å². The van der Waals surface area contributed by atoms with E-state index in [-0.39, 0.29) is 0 Å². The second kappa shape index (κ2) is 4.29. The zero-order valence-electron chi connectivity index (χ0n) is 10.7. The first-order valence-electron chi connectivity index (χ1n) is 6.03. The van der Waals surface area contributed by atoms with E-state index in [0.717, 1.165) is 0 Å². The van der Waals surface area contributed by atoms with E-state index in [4.69, 9.17) is 0 Å². The quantitative estimate of drug-likeness (QED) is 0.634. The van der Waals surface area contributed by atoms with Crippen LogP contribution in [0.2, 0.25) is 0 Å². The van der Waals surface area contributed by atoms with Crippen molar-refractivity contribution >= 4 is 5.57 Å². The van der Waals surface area contributed by atoms with Crippen molar-refractivity contribution in [3.05, 3.63) is 52.6 Å². The van der Waals surface area contributed by atoms with Gasteiger partial charge >= 0.3 is 0 Å². The van der Waals surface area contributed by atoms with Crippen LogP contribution in [-0.2, 0) is 0 Å². The van der Waals surface area contributed by atoms with Gasteiger partial charge in [-0.15, -0.1) is 0 Å². The highest BCUT2D eigenvalue weighted by Crippen LogP contribution is 2.31. The second-order valence-corrected chi connectivity index (χ2v) is 5.01. The maximum atomic E-state index is 2.31. The Bertz CT molecular complexity index is 461. The van der Waals surface area contributed by atoms with Crippen molar-refractivity contribution in [3.8, 4) is 0 Å². The van der Waals surface area contributed by atoms with Crippen LogP contribution in [0.4, 0.5) is 0 Å². The molecule has 0 aliphatic heterocycles. The molecule has 16 heavy (non-hydrogen) atoms. The van der Waals surface area contributed by atoms with E-state index in [1.54, 1.807) is 0 Å². The van der Waals surface area contributed by atoms with Crippen LogP contribution in [0.1, 0.15) is 37.0 Å². The van der Waals surface area contributed by atoms with Crippen LogP contribution >= 0.6 is 0 Å². The molecule has 2 rings (SSSR count). The zero-order valence-corrected chi connectivity index (χ0v) is 10.7. The molecular weight excluding hydrogens is 192 g/mol. The molecule has 1 aliphatic carbocycles. The highest BCUT2D eigenvalue weighted by Gasteiger charge is 2.13. The predicted octanol–water partition coefficient (Wildman–Crippen LogP) is 4.67. The normalized spacial score (nSPS) is 20.4. The van der Waals surface area contributed by atoms with Gasteiger partial charge in [-0.25, -0.2) is 0 Å². The fraction of sp³-hybridized carbons (Fsp3) is 0.375. The molecule has 0 aromatic heterocycles. The maximum Gasteiger partial charge on any atom is -0.0191 e. The van der Waals surface area contributed by atoms with Gasteiger partial charge in [0.1, 0.15) is 0 Å². The van der Waals surface area contributed by atoms with E-state index in [1.807, 2.05) is 0 Å². The standard InChI is InChI=1S/C16H20/c1-11-5-7-15(9-13(11)3)16-8-6-12(2)14(4)10-16/h5-9,14H,10H2,1-4H3. The average molecular weight is 212 g/mol. The van der Waals surface area contributed by atoms with Gasteiger partial charge in [0.15, 0.2) is 0 Å². The average Bonchev–Trinajstić information content (AvgIpc) is 2.26. The Morgan fingerprint density at radius 3 is 2.38 bits per heavy atom. The van der Waals surface area contributed by atoms with Crippen LogP contribution in [-0.4, -0.2) is 0 Å². The molecule has 0 radical (unpaired) electrons. The largest absolute Gasteiger partial charge is 0.0702 e. The minimum absolute atomic E-state index is 0.682. The summed E-state index contributed by atoms with van der Waals surface area (Å²) in [6, 6.07) is 6.78. The van der Waals surface area contributed by atoms with Crippen molar-refractivity contribution in [2.75, 3.05) is 0 Å². The molecule has 0 amide bonds. The third-order valence-corrected chi connectivity index (χ3v) is 3.73. The smallest absolute Gasteiger partial charge is 0.0191 e. The van der Waals surface area contributed by atoms with E-state index in [0.29, 0.717) is 5.92 Å². The lowest BCUT2D eigenvalue weighted by Crippen LogP contribution is -2.02. The van der Waals surface area contributed by atoms with Gasteiger partial charge in [-0.3, -0.25) is 0 Å². The molecule has 84 valence electrons. The highest BCUT2D eigenvalue weighted by atomic mass is 14.2. The lowest BCUT2D eigenvalue weighted by atomic mass is 9.86. The number of aryl methyl sites for hydroxylation is 2. The summed E-state index contributed by atoms with van der Waals surface area (Å²) in [4.78, 5) is 0. The molecule has 0 bridgehead atoms. The molecule has 0 N–H and O–H groups in total. The molecule has 1 aliphatic rings. The molecule has 1 aromatic rings. The maximum absolute atomic E-state index is 2.31. The zero-order chi connectivity index (χ0) is 11.7. The summed E-state index contributed by atoms with van der Waals surface area (Å²) in [7, 11) is 0. The van der Waals surface area contributed by atoms with Gasteiger partial charge in [0, 0.05) is 0 Å². The summed E-state index contributed by atoms with van der Waals surface area (Å²) in [5, 5.41) is 0. The molecule has 0 spiro atoms. The Morgan fingerprint density at radius 2 is 1.75 bits per heavy atom. The lowest BCUT2D eigenvalue weighted by molar-refractivity contribution is 0.697. The highest BCUT2D eigenvalue weighted by molar-refractivity contribution is 5.69. The Labute approximate surface area is 98.7 Å². The first kappa shape index (κ1) is 11.2. The van der Waals surface area contributed by atoms with E-state index in [2.05, 4.69) is 58.0 Å². The summed E-state index contributed by atoms with van der Waals surface area (Å²) in [5.74, 6) is 0.682. The molecule has 0 saturated heterocycles. The molecule has 0 saturated carbocycles. The van der Waals surface area contributed by atoms with Crippen molar-refractivity contribution in [2.24, 2.45) is 5.92 Å². The monoisotopic (exact) mass is 212 g/mol. The van der Waals surface area contributed by atoms with Gasteiger partial charge in [-0.1, -0.05) is 42.8 Å². The molecule has 0 fully saturated rings. The molecular formula is C16H20. The Hall–Kier alpha value is -1.30. The van der Waals surface area contributed by atoms with Crippen molar-refractivity contribution in [1.29, 1.82) is 0 Å². The van der Waals surface area contributed by atoms with Crippen molar-refractivity contribution < 1.29 is 0 Å². The van der Waals surface area contributed by atoms with Crippen molar-refractivity contribution in [2.45, 2.75) is 34.1 Å². The topological polar surface area (TPSA) is 0 Å². The molecule has 0 heterocycles. The van der Waals surface area contributed by atoms with Crippen molar-refractivity contribution in [1.82, 2.24) is 0 Å². The van der Waals surface area contributed by atoms with Gasteiger partial charge in [-0.05, 0) is 55.4 Å². The van der Waals surface area contributed by atoms with Gasteiger partial charge in [0.25, 0.3) is 0 Å². The molecule has 1 aromatic carbocycles. The fourth-order valence-electron chi connectivity index (χ4n) is 2.11. The number of benzene rings is 1.